The Morgan fingerprint density at radius 2 is 1.50 bits per heavy atom. The number of hydrogen-bond donors (Lipinski definition) is 4. The van der Waals surface area contributed by atoms with Crippen LogP contribution in [0, 0.1) is 0 Å². The van der Waals surface area contributed by atoms with E-state index in [0.29, 0.717) is 25.8 Å². The number of unbranched alkanes of at least 4 members (excludes halogenated alkanes) is 3. The number of nitrogens with zero attached hydrogens (tertiary/aromatic N) is 2. The molecule has 5 aromatic rings. The third kappa shape index (κ3) is 9.83. The number of aromatic amines is 1. The maximum atomic E-state index is 12.9. The molecule has 4 aromatic carbocycles. The van der Waals surface area contributed by atoms with Gasteiger partial charge in [0.25, 0.3) is 0 Å². The van der Waals surface area contributed by atoms with Gasteiger partial charge < -0.3 is 34.9 Å². The fraction of sp³-hybridized carbons (Fsp3) is 0.400. The van der Waals surface area contributed by atoms with Gasteiger partial charge >= 0.3 is 11.7 Å². The number of rotatable bonds is 16. The first-order valence-corrected chi connectivity index (χ1v) is 19.9. The van der Waals surface area contributed by atoms with E-state index in [9.17, 15) is 19.5 Å². The first-order valence-electron chi connectivity index (χ1n) is 19.9. The lowest BCUT2D eigenvalue weighted by Gasteiger charge is -2.40. The third-order valence-electron chi connectivity index (χ3n) is 11.2. The van der Waals surface area contributed by atoms with Crippen LogP contribution in [0.2, 0.25) is 0 Å². The molecule has 4 N–H and O–H groups in total. The first kappa shape index (κ1) is 39.2. The molecule has 11 nitrogen and oxygen atoms in total. The van der Waals surface area contributed by atoms with Gasteiger partial charge in [0.15, 0.2) is 6.29 Å². The van der Waals surface area contributed by atoms with E-state index in [1.54, 1.807) is 0 Å². The van der Waals surface area contributed by atoms with Gasteiger partial charge in [0.2, 0.25) is 5.91 Å². The number of fused-ring (bicyclic) bond motifs is 1. The van der Waals surface area contributed by atoms with Crippen molar-refractivity contribution >= 4 is 22.9 Å². The highest BCUT2D eigenvalue weighted by Gasteiger charge is 2.34. The Hall–Kier alpha value is -5.07. The van der Waals surface area contributed by atoms with E-state index >= 15 is 0 Å². The van der Waals surface area contributed by atoms with Crippen LogP contribution in [0.3, 0.4) is 0 Å². The highest BCUT2D eigenvalue weighted by Crippen LogP contribution is 2.39. The van der Waals surface area contributed by atoms with E-state index in [0.717, 1.165) is 96.2 Å². The number of aliphatic hydroxyl groups is 1. The van der Waals surface area contributed by atoms with Crippen molar-refractivity contribution in [3.05, 3.63) is 130 Å². The number of hydrogen-bond acceptors (Lipinski definition) is 7. The second-order valence-electron chi connectivity index (χ2n) is 15.1. The first-order chi connectivity index (χ1) is 27.3. The van der Waals surface area contributed by atoms with Crippen molar-refractivity contribution in [1.29, 1.82) is 0 Å². The van der Waals surface area contributed by atoms with Gasteiger partial charge in [-0.25, -0.2) is 4.79 Å². The second-order valence-corrected chi connectivity index (χ2v) is 15.1. The average Bonchev–Trinajstić information content (AvgIpc) is 3.57. The molecule has 0 unspecified atom stereocenters. The lowest BCUT2D eigenvalue weighted by Crippen LogP contribution is -2.43. The zero-order valence-electron chi connectivity index (χ0n) is 31.8. The van der Waals surface area contributed by atoms with Crippen molar-refractivity contribution in [3.63, 3.8) is 0 Å². The van der Waals surface area contributed by atoms with Crippen molar-refractivity contribution in [3.8, 4) is 11.1 Å². The largest absolute Gasteiger partial charge is 0.481 e. The van der Waals surface area contributed by atoms with Crippen LogP contribution >= 0.6 is 0 Å². The minimum absolute atomic E-state index is 0.00997. The summed E-state index contributed by atoms with van der Waals surface area (Å²) in [5, 5.41) is 21.5. The van der Waals surface area contributed by atoms with Gasteiger partial charge in [-0.15, -0.1) is 0 Å². The number of piperidine rings is 1. The van der Waals surface area contributed by atoms with Gasteiger partial charge in [0, 0.05) is 57.0 Å². The fourth-order valence-electron chi connectivity index (χ4n) is 8.09. The van der Waals surface area contributed by atoms with E-state index in [1.165, 1.54) is 0 Å². The number of nitrogens with one attached hydrogen (secondary N) is 2. The topological polar surface area (TPSA) is 146 Å². The number of para-hydroxylation sites is 2. The van der Waals surface area contributed by atoms with E-state index in [1.807, 2.05) is 71.3 Å². The summed E-state index contributed by atoms with van der Waals surface area (Å²) in [6.45, 7) is 2.88. The molecule has 2 fully saturated rings. The molecule has 2 saturated heterocycles. The van der Waals surface area contributed by atoms with Gasteiger partial charge in [-0.2, -0.15) is 0 Å². The fourth-order valence-corrected chi connectivity index (χ4v) is 8.09. The molecule has 0 saturated carbocycles. The van der Waals surface area contributed by atoms with Crippen molar-refractivity contribution < 1.29 is 29.3 Å². The monoisotopic (exact) mass is 760 g/mol. The number of carboxylic acid groups (broad SMARTS) is 1. The van der Waals surface area contributed by atoms with Crippen LogP contribution < -0.4 is 11.0 Å². The van der Waals surface area contributed by atoms with Crippen molar-refractivity contribution in [2.24, 2.45) is 0 Å². The third-order valence-corrected chi connectivity index (χ3v) is 11.2. The Balaban J connectivity index is 0.996. The summed E-state index contributed by atoms with van der Waals surface area (Å²) in [7, 11) is 0. The molecular formula is C45H52N4O7. The number of H-pyrrole nitrogens is 1. The number of amides is 1. The number of aromatic nitrogens is 2. The number of carbonyl (C=O) groups is 2. The summed E-state index contributed by atoms with van der Waals surface area (Å²) in [6.07, 6.45) is 5.21. The molecule has 1 amide bonds. The molecule has 294 valence electrons. The summed E-state index contributed by atoms with van der Waals surface area (Å²) >= 11 is 0. The quantitative estimate of drug-likeness (QED) is 0.0761. The number of carbonyl (C=O) groups excluding carboxylic acids is 1. The Kier molecular flexibility index (Phi) is 13.1. The number of carboxylic acids is 1. The molecule has 0 spiro atoms. The lowest BCUT2D eigenvalue weighted by atomic mass is 9.97. The van der Waals surface area contributed by atoms with Crippen LogP contribution in [-0.4, -0.2) is 62.3 Å². The summed E-state index contributed by atoms with van der Waals surface area (Å²) < 4.78 is 15.3. The SMILES string of the molecule is O=C(O)CCCCCCC(=O)NCc1ccccc1-c1ccc([C@@H]2O[C@H](CN3CCC(n4c(=O)[nH]c5ccccc54)CC3)C[C@H](c3ccc(CO)cc3)O2)cc1. The van der Waals surface area contributed by atoms with Gasteiger partial charge in [0.1, 0.15) is 0 Å². The van der Waals surface area contributed by atoms with Crippen LogP contribution in [-0.2, 0) is 32.2 Å². The maximum absolute atomic E-state index is 12.9. The average molecular weight is 761 g/mol. The Labute approximate surface area is 327 Å². The van der Waals surface area contributed by atoms with Crippen molar-refractivity contribution in [2.45, 2.75) is 95.5 Å². The standard InChI is InChI=1S/C45H52N4O7/c50-30-31-15-17-33(18-16-31)41-27-37(29-48-25-23-36(24-26-48)49-40-12-8-7-11-39(40)47-45(49)54)55-44(56-41)34-21-19-32(20-22-34)38-10-6-5-9-35(38)28-46-42(51)13-3-1-2-4-14-43(52)53/h5-12,15-22,36-37,41,44,50H,1-4,13-14,23-30H2,(H,46,51)(H,47,54)(H,52,53)/t37-,41+,44+/m0/s1. The molecule has 0 aliphatic carbocycles. The Morgan fingerprint density at radius 1 is 0.804 bits per heavy atom. The smallest absolute Gasteiger partial charge is 0.326 e. The number of aliphatic carboxylic acids is 1. The van der Waals surface area contributed by atoms with Crippen LogP contribution in [0.4, 0.5) is 0 Å². The zero-order valence-corrected chi connectivity index (χ0v) is 31.8. The molecule has 0 radical (unpaired) electrons. The second kappa shape index (κ2) is 18.7. The zero-order chi connectivity index (χ0) is 38.9. The van der Waals surface area contributed by atoms with Gasteiger partial charge in [-0.3, -0.25) is 14.2 Å². The molecular weight excluding hydrogens is 709 g/mol. The van der Waals surface area contributed by atoms with E-state index in [-0.39, 0.29) is 42.9 Å². The summed E-state index contributed by atoms with van der Waals surface area (Å²) in [6, 6.07) is 32.3. The Bertz CT molecular complexity index is 2120. The normalized spacial score (nSPS) is 19.3. The molecule has 11 heteroatoms. The predicted octanol–water partition coefficient (Wildman–Crippen LogP) is 7.41. The molecule has 56 heavy (non-hydrogen) atoms. The number of imidazole rings is 1. The number of benzene rings is 4. The number of aliphatic hydroxyl groups excluding tert-OH is 1. The van der Waals surface area contributed by atoms with Gasteiger partial charge in [-0.05, 0) is 65.6 Å². The van der Waals surface area contributed by atoms with E-state index in [4.69, 9.17) is 14.6 Å². The molecule has 2 aliphatic heterocycles. The summed E-state index contributed by atoms with van der Waals surface area (Å²) in [5.41, 5.74) is 7.68. The van der Waals surface area contributed by atoms with Gasteiger partial charge in [0.05, 0.1) is 29.8 Å². The molecule has 3 heterocycles. The lowest BCUT2D eigenvalue weighted by molar-refractivity contribution is -0.253. The van der Waals surface area contributed by atoms with Crippen molar-refractivity contribution in [1.82, 2.24) is 19.8 Å². The van der Waals surface area contributed by atoms with Crippen LogP contribution in [0.15, 0.2) is 102 Å². The highest BCUT2D eigenvalue weighted by molar-refractivity contribution is 5.77. The molecule has 1 aromatic heterocycles. The number of likely N-dealkylation sites (tertiary alicyclic amines) is 1. The summed E-state index contributed by atoms with van der Waals surface area (Å²) in [5.74, 6) is -0.790. The van der Waals surface area contributed by atoms with Crippen LogP contribution in [0.5, 0.6) is 0 Å². The Morgan fingerprint density at radius 3 is 2.25 bits per heavy atom. The minimum Gasteiger partial charge on any atom is -0.481 e. The van der Waals surface area contributed by atoms with E-state index < -0.39 is 12.3 Å². The van der Waals surface area contributed by atoms with Crippen molar-refractivity contribution in [2.75, 3.05) is 19.6 Å². The molecule has 0 bridgehead atoms. The summed E-state index contributed by atoms with van der Waals surface area (Å²) in [4.78, 5) is 41.6. The van der Waals surface area contributed by atoms with Gasteiger partial charge in [-0.1, -0.05) is 97.8 Å². The number of ether oxygens (including phenoxy) is 2. The maximum Gasteiger partial charge on any atom is 0.326 e. The molecule has 2 aliphatic rings. The minimum atomic E-state index is -0.780. The van der Waals surface area contributed by atoms with E-state index in [2.05, 4.69) is 45.5 Å². The predicted molar refractivity (Wildman–Crippen MR) is 215 cm³/mol. The van der Waals surface area contributed by atoms with Crippen LogP contribution in [0.25, 0.3) is 22.2 Å². The van der Waals surface area contributed by atoms with Crippen LogP contribution in [0.1, 0.15) is 98.5 Å². The highest BCUT2D eigenvalue weighted by atomic mass is 16.7. The molecule has 3 atom stereocenters. The molecule has 7 rings (SSSR count).